The lowest BCUT2D eigenvalue weighted by Gasteiger charge is -2.38. The summed E-state index contributed by atoms with van der Waals surface area (Å²) in [5.74, 6) is 0.828. The monoisotopic (exact) mass is 290 g/mol. The summed E-state index contributed by atoms with van der Waals surface area (Å²) >= 11 is 0. The van der Waals surface area contributed by atoms with Gasteiger partial charge in [0.15, 0.2) is 0 Å². The Labute approximate surface area is 129 Å². The van der Waals surface area contributed by atoms with Gasteiger partial charge in [0.2, 0.25) is 0 Å². The second kappa shape index (κ2) is 7.92. The number of hydrogen-bond donors (Lipinski definition) is 2. The third kappa shape index (κ3) is 4.29. The Hall–Kier alpha value is -0.900. The lowest BCUT2D eigenvalue weighted by atomic mass is 9.89. The summed E-state index contributed by atoms with van der Waals surface area (Å²) < 4.78 is 0. The van der Waals surface area contributed by atoms with E-state index in [1.54, 1.807) is 0 Å². The molecule has 21 heavy (non-hydrogen) atoms. The van der Waals surface area contributed by atoms with Gasteiger partial charge in [-0.25, -0.2) is 0 Å². The molecule has 0 bridgehead atoms. The largest absolute Gasteiger partial charge is 0.394 e. The van der Waals surface area contributed by atoms with Crippen LogP contribution in [0.3, 0.4) is 0 Å². The lowest BCUT2D eigenvalue weighted by molar-refractivity contribution is 0.109. The smallest absolute Gasteiger partial charge is 0.0797 e. The minimum atomic E-state index is -0.344. The van der Waals surface area contributed by atoms with Crippen LogP contribution in [-0.4, -0.2) is 42.8 Å². The fraction of sp³-hybridized carbons (Fsp3) is 0.667. The molecule has 1 aromatic rings. The van der Waals surface area contributed by atoms with Crippen LogP contribution >= 0.6 is 0 Å². The molecule has 2 N–H and O–H groups in total. The van der Waals surface area contributed by atoms with Crippen molar-refractivity contribution in [3.8, 4) is 0 Å². The van der Waals surface area contributed by atoms with Gasteiger partial charge in [0.25, 0.3) is 0 Å². The normalized spacial score (nSPS) is 23.5. The van der Waals surface area contributed by atoms with Crippen LogP contribution in [0.1, 0.15) is 38.7 Å². The fourth-order valence-electron chi connectivity index (χ4n) is 3.40. The van der Waals surface area contributed by atoms with Crippen molar-refractivity contribution < 1.29 is 5.11 Å². The Balaban J connectivity index is 2.16. The van der Waals surface area contributed by atoms with E-state index in [-0.39, 0.29) is 12.1 Å². The highest BCUT2D eigenvalue weighted by molar-refractivity contribution is 5.25. The van der Waals surface area contributed by atoms with E-state index in [9.17, 15) is 5.11 Å². The van der Waals surface area contributed by atoms with Crippen LogP contribution in [0.5, 0.6) is 0 Å². The van der Waals surface area contributed by atoms with Crippen molar-refractivity contribution >= 4 is 0 Å². The van der Waals surface area contributed by atoms with Crippen LogP contribution < -0.4 is 5.32 Å². The number of aliphatic hydroxyl groups is 1. The van der Waals surface area contributed by atoms with Crippen molar-refractivity contribution in [3.63, 3.8) is 0 Å². The summed E-state index contributed by atoms with van der Waals surface area (Å²) in [6.45, 7) is 8.62. The number of benzene rings is 1. The van der Waals surface area contributed by atoms with E-state index < -0.39 is 0 Å². The van der Waals surface area contributed by atoms with E-state index in [2.05, 4.69) is 48.3 Å². The van der Waals surface area contributed by atoms with Crippen LogP contribution in [0, 0.1) is 5.92 Å². The molecule has 1 saturated heterocycles. The molecular formula is C18H30N2O. The first-order chi connectivity index (χ1) is 10.2. The van der Waals surface area contributed by atoms with Gasteiger partial charge in [-0.05, 0) is 50.4 Å². The van der Waals surface area contributed by atoms with Crippen molar-refractivity contribution in [2.45, 2.75) is 38.6 Å². The number of aliphatic hydroxyl groups excluding tert-OH is 1. The molecule has 1 aliphatic heterocycles. The molecule has 1 aromatic carbocycles. The van der Waals surface area contributed by atoms with Gasteiger partial charge in [-0.15, -0.1) is 0 Å². The molecule has 1 fully saturated rings. The zero-order valence-corrected chi connectivity index (χ0v) is 13.5. The summed E-state index contributed by atoms with van der Waals surface area (Å²) in [7, 11) is 0. The predicted octanol–water partition coefficient (Wildman–Crippen LogP) is 2.61. The molecule has 0 spiro atoms. The zero-order chi connectivity index (χ0) is 15.1. The molecule has 3 heteroatoms. The van der Waals surface area contributed by atoms with Crippen LogP contribution in [0.2, 0.25) is 0 Å². The van der Waals surface area contributed by atoms with Crippen molar-refractivity contribution in [2.75, 3.05) is 32.8 Å². The first-order valence-electron chi connectivity index (χ1n) is 8.34. The van der Waals surface area contributed by atoms with Gasteiger partial charge in [0, 0.05) is 6.54 Å². The molecule has 1 heterocycles. The molecule has 2 unspecified atom stereocenters. The Morgan fingerprint density at radius 1 is 1.24 bits per heavy atom. The maximum absolute atomic E-state index is 10.1. The number of nitrogens with one attached hydrogen (secondary N) is 1. The Morgan fingerprint density at radius 3 is 2.67 bits per heavy atom. The molecule has 118 valence electrons. The molecule has 0 aliphatic carbocycles. The number of nitrogens with zero attached hydrogens (tertiary/aromatic N) is 1. The third-order valence-electron chi connectivity index (χ3n) is 4.71. The second-order valence-corrected chi connectivity index (χ2v) is 6.45. The Bertz CT molecular complexity index is 409. The number of likely N-dealkylation sites (N-methyl/N-ethyl adjacent to an activating group) is 1. The molecule has 0 aromatic heterocycles. The van der Waals surface area contributed by atoms with Crippen LogP contribution in [0.4, 0.5) is 0 Å². The number of hydrogen-bond acceptors (Lipinski definition) is 3. The zero-order valence-electron chi connectivity index (χ0n) is 13.5. The van der Waals surface area contributed by atoms with E-state index in [4.69, 9.17) is 0 Å². The van der Waals surface area contributed by atoms with Gasteiger partial charge in [-0.3, -0.25) is 0 Å². The predicted molar refractivity (Wildman–Crippen MR) is 88.3 cm³/mol. The van der Waals surface area contributed by atoms with E-state index >= 15 is 0 Å². The number of likely N-dealkylation sites (tertiary alicyclic amines) is 1. The molecular weight excluding hydrogens is 260 g/mol. The minimum absolute atomic E-state index is 0.136. The maximum atomic E-state index is 10.1. The average Bonchev–Trinajstić information content (AvgIpc) is 2.72. The fourth-order valence-corrected chi connectivity index (χ4v) is 3.40. The van der Waals surface area contributed by atoms with E-state index in [0.29, 0.717) is 0 Å². The summed E-state index contributed by atoms with van der Waals surface area (Å²) in [4.78, 5) is 2.52. The summed E-state index contributed by atoms with van der Waals surface area (Å²) in [6, 6.07) is 10.4. The van der Waals surface area contributed by atoms with Gasteiger partial charge < -0.3 is 15.3 Å². The minimum Gasteiger partial charge on any atom is -0.394 e. The topological polar surface area (TPSA) is 35.5 Å². The van der Waals surface area contributed by atoms with E-state index in [0.717, 1.165) is 32.1 Å². The standard InChI is InChI=1S/C18H30N2O/c1-3-19-18(15-21,17-9-5-4-6-10-17)14-20-12-7-8-16(2)11-13-20/h4-6,9-10,16,19,21H,3,7-8,11-15H2,1-2H3. The Kier molecular flexibility index (Phi) is 6.22. The van der Waals surface area contributed by atoms with E-state index in [1.807, 2.05) is 6.07 Å². The molecule has 2 rings (SSSR count). The van der Waals surface area contributed by atoms with Crippen molar-refractivity contribution in [1.82, 2.24) is 10.2 Å². The highest BCUT2D eigenvalue weighted by atomic mass is 16.3. The average molecular weight is 290 g/mol. The third-order valence-corrected chi connectivity index (χ3v) is 4.71. The van der Waals surface area contributed by atoms with Gasteiger partial charge >= 0.3 is 0 Å². The first kappa shape index (κ1) is 16.5. The molecule has 2 atom stereocenters. The van der Waals surface area contributed by atoms with Crippen molar-refractivity contribution in [2.24, 2.45) is 5.92 Å². The number of rotatable bonds is 6. The van der Waals surface area contributed by atoms with Gasteiger partial charge in [0.05, 0.1) is 12.1 Å². The van der Waals surface area contributed by atoms with E-state index in [1.165, 1.54) is 24.8 Å². The highest BCUT2D eigenvalue weighted by Gasteiger charge is 2.33. The van der Waals surface area contributed by atoms with Gasteiger partial charge in [0.1, 0.15) is 0 Å². The molecule has 0 amide bonds. The van der Waals surface area contributed by atoms with Crippen molar-refractivity contribution in [1.29, 1.82) is 0 Å². The van der Waals surface area contributed by atoms with Gasteiger partial charge in [-0.2, -0.15) is 0 Å². The van der Waals surface area contributed by atoms with Crippen molar-refractivity contribution in [3.05, 3.63) is 35.9 Å². The van der Waals surface area contributed by atoms with Crippen LogP contribution in [0.25, 0.3) is 0 Å². The molecule has 0 saturated carbocycles. The lowest BCUT2D eigenvalue weighted by Crippen LogP contribution is -2.53. The molecule has 1 aliphatic rings. The first-order valence-corrected chi connectivity index (χ1v) is 8.34. The molecule has 0 radical (unpaired) electrons. The Morgan fingerprint density at radius 2 is 2.00 bits per heavy atom. The maximum Gasteiger partial charge on any atom is 0.0797 e. The quantitative estimate of drug-likeness (QED) is 0.845. The summed E-state index contributed by atoms with van der Waals surface area (Å²) in [6.07, 6.45) is 3.86. The van der Waals surface area contributed by atoms with Crippen LogP contribution in [-0.2, 0) is 5.54 Å². The summed E-state index contributed by atoms with van der Waals surface area (Å²) in [5, 5.41) is 13.7. The van der Waals surface area contributed by atoms with Crippen LogP contribution in [0.15, 0.2) is 30.3 Å². The SMILES string of the molecule is CCNC(CO)(CN1CCCC(C)CC1)c1ccccc1. The highest BCUT2D eigenvalue weighted by Crippen LogP contribution is 2.25. The van der Waals surface area contributed by atoms with Gasteiger partial charge in [-0.1, -0.05) is 44.2 Å². The second-order valence-electron chi connectivity index (χ2n) is 6.45. The molecule has 3 nitrogen and oxygen atoms in total. The summed E-state index contributed by atoms with van der Waals surface area (Å²) in [5.41, 5.74) is 0.843.